The molecule has 0 radical (unpaired) electrons. The summed E-state index contributed by atoms with van der Waals surface area (Å²) in [5.74, 6) is 2.78. The fourth-order valence-corrected chi connectivity index (χ4v) is 2.66. The first-order chi connectivity index (χ1) is 7.61. The van der Waals surface area contributed by atoms with Crippen LogP contribution in [0.15, 0.2) is 0 Å². The quantitative estimate of drug-likeness (QED) is 0.397. The van der Waals surface area contributed by atoms with Crippen LogP contribution in [0.4, 0.5) is 0 Å². The Morgan fingerprint density at radius 1 is 0.688 bits per heavy atom. The predicted molar refractivity (Wildman–Crippen MR) is 75.8 cm³/mol. The molecule has 16 heavy (non-hydrogen) atoms. The molecule has 0 aromatic carbocycles. The largest absolute Gasteiger partial charge is 0.0654 e. The van der Waals surface area contributed by atoms with Crippen LogP contribution in [-0.4, -0.2) is 0 Å². The molecule has 3 unspecified atom stereocenters. The lowest BCUT2D eigenvalue weighted by Crippen LogP contribution is -2.12. The van der Waals surface area contributed by atoms with Crippen LogP contribution in [0.5, 0.6) is 0 Å². The molecule has 0 aromatic heterocycles. The van der Waals surface area contributed by atoms with Crippen molar-refractivity contribution >= 4 is 0 Å². The van der Waals surface area contributed by atoms with Crippen molar-refractivity contribution in [3.8, 4) is 0 Å². The predicted octanol–water partition coefficient (Wildman–Crippen LogP) is 6.06. The zero-order valence-corrected chi connectivity index (χ0v) is 12.4. The van der Waals surface area contributed by atoms with Gasteiger partial charge in [0.2, 0.25) is 0 Å². The average Bonchev–Trinajstić information content (AvgIpc) is 2.24. The van der Waals surface area contributed by atoms with Crippen LogP contribution >= 0.6 is 0 Å². The van der Waals surface area contributed by atoms with Gasteiger partial charge in [-0.05, 0) is 24.2 Å². The summed E-state index contributed by atoms with van der Waals surface area (Å²) in [6.45, 7) is 11.9. The minimum atomic E-state index is 0.920. The van der Waals surface area contributed by atoms with Crippen LogP contribution in [0.2, 0.25) is 0 Å². The van der Waals surface area contributed by atoms with Crippen molar-refractivity contribution in [2.75, 3.05) is 0 Å². The van der Waals surface area contributed by atoms with Crippen LogP contribution in [0, 0.1) is 17.8 Å². The summed E-state index contributed by atoms with van der Waals surface area (Å²) in [6, 6.07) is 0. The van der Waals surface area contributed by atoms with Crippen molar-refractivity contribution in [3.05, 3.63) is 0 Å². The van der Waals surface area contributed by atoms with Gasteiger partial charge in [-0.3, -0.25) is 0 Å². The zero-order chi connectivity index (χ0) is 12.4. The molecular weight excluding hydrogens is 192 g/mol. The van der Waals surface area contributed by atoms with Gasteiger partial charge >= 0.3 is 0 Å². The van der Waals surface area contributed by atoms with Crippen LogP contribution < -0.4 is 0 Å². The first-order valence-electron chi connectivity index (χ1n) is 7.61. The standard InChI is InChI=1S/C16H34/c1-6-8-9-10-12-15(4)16(5)13-14(3)11-7-2/h14-16H,6-13H2,1-5H3. The Balaban J connectivity index is 3.59. The molecule has 0 rings (SSSR count). The average molecular weight is 226 g/mol. The minimum absolute atomic E-state index is 0.920. The van der Waals surface area contributed by atoms with E-state index in [0.29, 0.717) is 0 Å². The van der Waals surface area contributed by atoms with Crippen LogP contribution in [0.1, 0.15) is 86.0 Å². The SMILES string of the molecule is CCCCCCC(C)C(C)CC(C)CCC. The van der Waals surface area contributed by atoms with Gasteiger partial charge in [0.1, 0.15) is 0 Å². The summed E-state index contributed by atoms with van der Waals surface area (Å²) in [4.78, 5) is 0. The van der Waals surface area contributed by atoms with Crippen molar-refractivity contribution in [2.24, 2.45) is 17.8 Å². The van der Waals surface area contributed by atoms with Crippen molar-refractivity contribution in [2.45, 2.75) is 86.0 Å². The van der Waals surface area contributed by atoms with Gasteiger partial charge in [0.25, 0.3) is 0 Å². The van der Waals surface area contributed by atoms with Gasteiger partial charge in [0.15, 0.2) is 0 Å². The van der Waals surface area contributed by atoms with Gasteiger partial charge in [-0.15, -0.1) is 0 Å². The van der Waals surface area contributed by atoms with Gasteiger partial charge in [-0.2, -0.15) is 0 Å². The number of rotatable bonds is 10. The second-order valence-corrected chi connectivity index (χ2v) is 5.93. The lowest BCUT2D eigenvalue weighted by atomic mass is 9.83. The van der Waals surface area contributed by atoms with E-state index in [0.717, 1.165) is 17.8 Å². The third kappa shape index (κ3) is 8.19. The molecule has 0 saturated carbocycles. The summed E-state index contributed by atoms with van der Waals surface area (Å²) in [7, 11) is 0. The molecule has 0 spiro atoms. The van der Waals surface area contributed by atoms with Gasteiger partial charge in [0, 0.05) is 0 Å². The maximum Gasteiger partial charge on any atom is -0.0414 e. The van der Waals surface area contributed by atoms with Crippen LogP contribution in [-0.2, 0) is 0 Å². The highest BCUT2D eigenvalue weighted by molar-refractivity contribution is 4.66. The fraction of sp³-hybridized carbons (Fsp3) is 1.00. The second-order valence-electron chi connectivity index (χ2n) is 5.93. The van der Waals surface area contributed by atoms with E-state index in [9.17, 15) is 0 Å². The molecule has 0 saturated heterocycles. The Hall–Kier alpha value is 0. The Morgan fingerprint density at radius 2 is 1.38 bits per heavy atom. The molecular formula is C16H34. The third-order valence-corrected chi connectivity index (χ3v) is 4.04. The molecule has 0 heteroatoms. The molecule has 0 amide bonds. The second kappa shape index (κ2) is 10.2. The van der Waals surface area contributed by atoms with Gasteiger partial charge < -0.3 is 0 Å². The molecule has 0 aliphatic carbocycles. The fourth-order valence-electron chi connectivity index (χ4n) is 2.66. The van der Waals surface area contributed by atoms with Crippen molar-refractivity contribution in [3.63, 3.8) is 0 Å². The third-order valence-electron chi connectivity index (χ3n) is 4.04. The number of hydrogen-bond donors (Lipinski definition) is 0. The lowest BCUT2D eigenvalue weighted by molar-refractivity contribution is 0.285. The molecule has 98 valence electrons. The highest BCUT2D eigenvalue weighted by Gasteiger charge is 2.14. The van der Waals surface area contributed by atoms with Crippen LogP contribution in [0.25, 0.3) is 0 Å². The van der Waals surface area contributed by atoms with Crippen molar-refractivity contribution in [1.29, 1.82) is 0 Å². The monoisotopic (exact) mass is 226 g/mol. The maximum absolute atomic E-state index is 2.46. The number of unbranched alkanes of at least 4 members (excludes halogenated alkanes) is 3. The molecule has 3 atom stereocenters. The Bertz CT molecular complexity index is 139. The molecule has 0 aliphatic rings. The van der Waals surface area contributed by atoms with E-state index in [2.05, 4.69) is 34.6 Å². The van der Waals surface area contributed by atoms with E-state index >= 15 is 0 Å². The van der Waals surface area contributed by atoms with Gasteiger partial charge in [0.05, 0.1) is 0 Å². The Morgan fingerprint density at radius 3 is 1.94 bits per heavy atom. The first kappa shape index (κ1) is 16.0. The normalized spacial score (nSPS) is 17.1. The Kier molecular flexibility index (Phi) is 10.2. The van der Waals surface area contributed by atoms with E-state index in [1.165, 1.54) is 51.4 Å². The zero-order valence-electron chi connectivity index (χ0n) is 12.4. The number of hydrogen-bond acceptors (Lipinski definition) is 0. The van der Waals surface area contributed by atoms with E-state index in [1.54, 1.807) is 0 Å². The van der Waals surface area contributed by atoms with E-state index < -0.39 is 0 Å². The molecule has 0 N–H and O–H groups in total. The molecule has 0 heterocycles. The van der Waals surface area contributed by atoms with E-state index in [1.807, 2.05) is 0 Å². The summed E-state index contributed by atoms with van der Waals surface area (Å²) in [5.41, 5.74) is 0. The van der Waals surface area contributed by atoms with Crippen molar-refractivity contribution < 1.29 is 0 Å². The van der Waals surface area contributed by atoms with E-state index in [-0.39, 0.29) is 0 Å². The molecule has 0 aliphatic heterocycles. The molecule has 0 nitrogen and oxygen atoms in total. The Labute approximate surface area is 104 Å². The van der Waals surface area contributed by atoms with E-state index in [4.69, 9.17) is 0 Å². The highest BCUT2D eigenvalue weighted by Crippen LogP contribution is 2.26. The van der Waals surface area contributed by atoms with Gasteiger partial charge in [-0.1, -0.05) is 79.6 Å². The highest BCUT2D eigenvalue weighted by atomic mass is 14.2. The summed E-state index contributed by atoms with van der Waals surface area (Å²) < 4.78 is 0. The summed E-state index contributed by atoms with van der Waals surface area (Å²) in [5, 5.41) is 0. The summed E-state index contributed by atoms with van der Waals surface area (Å²) in [6.07, 6.45) is 11.3. The first-order valence-corrected chi connectivity index (χ1v) is 7.61. The molecule has 0 fully saturated rings. The lowest BCUT2D eigenvalue weighted by Gasteiger charge is -2.23. The topological polar surface area (TPSA) is 0 Å². The molecule has 0 bridgehead atoms. The smallest absolute Gasteiger partial charge is 0.0414 e. The summed E-state index contributed by atoms with van der Waals surface area (Å²) >= 11 is 0. The minimum Gasteiger partial charge on any atom is -0.0654 e. The van der Waals surface area contributed by atoms with Crippen molar-refractivity contribution in [1.82, 2.24) is 0 Å². The van der Waals surface area contributed by atoms with Crippen LogP contribution in [0.3, 0.4) is 0 Å². The maximum atomic E-state index is 2.46. The van der Waals surface area contributed by atoms with Gasteiger partial charge in [-0.25, -0.2) is 0 Å². The molecule has 0 aromatic rings.